The topological polar surface area (TPSA) is 24.5 Å². The van der Waals surface area contributed by atoms with Crippen LogP contribution in [0.2, 0.25) is 0 Å². The van der Waals surface area contributed by atoms with Crippen LogP contribution in [0.5, 0.6) is 0 Å². The number of benzene rings is 1. The van der Waals surface area contributed by atoms with Crippen LogP contribution in [0.3, 0.4) is 0 Å². The molecule has 0 radical (unpaired) electrons. The first-order valence-electron chi connectivity index (χ1n) is 7.57. The van der Waals surface area contributed by atoms with E-state index in [0.29, 0.717) is 12.1 Å². The number of halogens is 1. The highest BCUT2D eigenvalue weighted by atomic mass is 19.1. The molecule has 1 aliphatic carbocycles. The van der Waals surface area contributed by atoms with Gasteiger partial charge in [-0.15, -0.1) is 0 Å². The van der Waals surface area contributed by atoms with Crippen molar-refractivity contribution in [1.29, 1.82) is 0 Å². The predicted octanol–water partition coefficient (Wildman–Crippen LogP) is 2.12. The summed E-state index contributed by atoms with van der Waals surface area (Å²) in [6, 6.07) is 6.16. The lowest BCUT2D eigenvalue weighted by molar-refractivity contribution is 0.0338. The molecular formula is C16H23FN2O. The fraction of sp³-hybridized carbons (Fsp3) is 0.625. The molecule has 1 N–H and O–H groups in total. The molecule has 20 heavy (non-hydrogen) atoms. The highest BCUT2D eigenvalue weighted by Gasteiger charge is 2.26. The van der Waals surface area contributed by atoms with Gasteiger partial charge in [0.05, 0.1) is 13.2 Å². The maximum Gasteiger partial charge on any atom is 0.126 e. The summed E-state index contributed by atoms with van der Waals surface area (Å²) in [5.74, 6) is -0.0485. The lowest BCUT2D eigenvalue weighted by Crippen LogP contribution is -2.45. The second-order valence-corrected chi connectivity index (χ2v) is 5.88. The van der Waals surface area contributed by atoms with Gasteiger partial charge in [0.1, 0.15) is 5.82 Å². The van der Waals surface area contributed by atoms with E-state index in [0.717, 1.165) is 56.8 Å². The molecule has 1 heterocycles. The van der Waals surface area contributed by atoms with Gasteiger partial charge in [0.2, 0.25) is 0 Å². The van der Waals surface area contributed by atoms with Gasteiger partial charge in [-0.1, -0.05) is 12.1 Å². The largest absolute Gasteiger partial charge is 0.379 e. The molecule has 4 heteroatoms. The Balaban J connectivity index is 1.58. The van der Waals surface area contributed by atoms with Crippen molar-refractivity contribution >= 4 is 0 Å². The molecule has 0 aromatic heterocycles. The number of morpholine rings is 1. The maximum atomic E-state index is 13.7. The molecule has 0 amide bonds. The first-order valence-corrected chi connectivity index (χ1v) is 7.57. The second kappa shape index (κ2) is 6.20. The Hall–Kier alpha value is -0.970. The van der Waals surface area contributed by atoms with E-state index in [1.165, 1.54) is 0 Å². The molecule has 1 fully saturated rings. The van der Waals surface area contributed by atoms with Crippen molar-refractivity contribution in [2.75, 3.05) is 32.8 Å². The summed E-state index contributed by atoms with van der Waals surface area (Å²) in [6.45, 7) is 6.95. The van der Waals surface area contributed by atoms with Crippen LogP contribution < -0.4 is 5.32 Å². The summed E-state index contributed by atoms with van der Waals surface area (Å²) in [5.41, 5.74) is 2.06. The third-order valence-corrected chi connectivity index (χ3v) is 4.33. The molecule has 2 unspecified atom stereocenters. The summed E-state index contributed by atoms with van der Waals surface area (Å²) in [4.78, 5) is 2.43. The van der Waals surface area contributed by atoms with Gasteiger partial charge in [0.25, 0.3) is 0 Å². The van der Waals surface area contributed by atoms with Crippen molar-refractivity contribution in [1.82, 2.24) is 10.2 Å². The third-order valence-electron chi connectivity index (χ3n) is 4.33. The van der Waals surface area contributed by atoms with E-state index in [-0.39, 0.29) is 5.82 Å². The van der Waals surface area contributed by atoms with Crippen molar-refractivity contribution in [2.24, 2.45) is 0 Å². The van der Waals surface area contributed by atoms with Crippen LogP contribution in [0.15, 0.2) is 18.2 Å². The molecule has 110 valence electrons. The lowest BCUT2D eigenvalue weighted by atomic mass is 10.1. The monoisotopic (exact) mass is 278 g/mol. The van der Waals surface area contributed by atoms with E-state index in [4.69, 9.17) is 4.74 Å². The summed E-state index contributed by atoms with van der Waals surface area (Å²) < 4.78 is 19.1. The number of nitrogens with one attached hydrogen (secondary N) is 1. The number of hydrogen-bond acceptors (Lipinski definition) is 3. The molecule has 0 spiro atoms. The molecular weight excluding hydrogens is 255 g/mol. The Kier molecular flexibility index (Phi) is 4.34. The molecule has 0 bridgehead atoms. The highest BCUT2D eigenvalue weighted by molar-refractivity contribution is 5.35. The number of ether oxygens (including phenoxy) is 1. The second-order valence-electron chi connectivity index (χ2n) is 5.88. The minimum Gasteiger partial charge on any atom is -0.379 e. The Morgan fingerprint density at radius 3 is 3.00 bits per heavy atom. The zero-order chi connectivity index (χ0) is 13.9. The predicted molar refractivity (Wildman–Crippen MR) is 77.3 cm³/mol. The summed E-state index contributed by atoms with van der Waals surface area (Å²) in [6.07, 6.45) is 1.85. The van der Waals surface area contributed by atoms with Crippen LogP contribution in [0.4, 0.5) is 4.39 Å². The van der Waals surface area contributed by atoms with Crippen LogP contribution >= 0.6 is 0 Å². The Morgan fingerprint density at radius 1 is 1.40 bits per heavy atom. The van der Waals surface area contributed by atoms with Crippen LogP contribution in [0.1, 0.15) is 30.5 Å². The number of rotatable bonds is 4. The Labute approximate surface area is 120 Å². The van der Waals surface area contributed by atoms with Crippen molar-refractivity contribution < 1.29 is 9.13 Å². The van der Waals surface area contributed by atoms with E-state index in [2.05, 4.69) is 23.2 Å². The molecule has 3 rings (SSSR count). The SMILES string of the molecule is CC(CN1CCOCC1)NC1CCc2c(F)cccc21. The van der Waals surface area contributed by atoms with Crippen molar-refractivity contribution in [2.45, 2.75) is 31.8 Å². The van der Waals surface area contributed by atoms with Crippen LogP contribution in [-0.4, -0.2) is 43.8 Å². The van der Waals surface area contributed by atoms with Crippen LogP contribution in [-0.2, 0) is 11.2 Å². The highest BCUT2D eigenvalue weighted by Crippen LogP contribution is 2.32. The van der Waals surface area contributed by atoms with Gasteiger partial charge in [-0.2, -0.15) is 0 Å². The van der Waals surface area contributed by atoms with Gasteiger partial charge in [0.15, 0.2) is 0 Å². The third kappa shape index (κ3) is 3.03. The molecule has 3 nitrogen and oxygen atoms in total. The standard InChI is InChI=1S/C16H23FN2O/c1-12(11-19-7-9-20-10-8-19)18-16-6-5-13-14(16)3-2-4-15(13)17/h2-4,12,16,18H,5-11H2,1H3. The first-order chi connectivity index (χ1) is 9.74. The van der Waals surface area contributed by atoms with Gasteiger partial charge in [-0.25, -0.2) is 4.39 Å². The maximum absolute atomic E-state index is 13.7. The van der Waals surface area contributed by atoms with Crippen molar-refractivity contribution in [3.63, 3.8) is 0 Å². The molecule has 1 aromatic rings. The molecule has 1 aliphatic heterocycles. The normalized spacial score (nSPS) is 24.6. The van der Waals surface area contributed by atoms with E-state index in [1.807, 2.05) is 6.07 Å². The van der Waals surface area contributed by atoms with Gasteiger partial charge in [-0.05, 0) is 37.0 Å². The van der Waals surface area contributed by atoms with Crippen LogP contribution in [0.25, 0.3) is 0 Å². The average Bonchev–Trinajstić information content (AvgIpc) is 2.84. The fourth-order valence-electron chi connectivity index (χ4n) is 3.35. The average molecular weight is 278 g/mol. The van der Waals surface area contributed by atoms with Gasteiger partial charge in [0, 0.05) is 31.7 Å². The van der Waals surface area contributed by atoms with E-state index in [9.17, 15) is 4.39 Å². The Bertz CT molecular complexity index is 460. The van der Waals surface area contributed by atoms with Crippen molar-refractivity contribution in [3.8, 4) is 0 Å². The molecule has 1 aromatic carbocycles. The quantitative estimate of drug-likeness (QED) is 0.913. The smallest absolute Gasteiger partial charge is 0.126 e. The minimum absolute atomic E-state index is 0.0485. The number of hydrogen-bond donors (Lipinski definition) is 1. The first kappa shape index (κ1) is 14.0. The fourth-order valence-corrected chi connectivity index (χ4v) is 3.35. The van der Waals surface area contributed by atoms with Crippen LogP contribution in [0, 0.1) is 5.82 Å². The van der Waals surface area contributed by atoms with E-state index in [1.54, 1.807) is 6.07 Å². The molecule has 0 saturated carbocycles. The van der Waals surface area contributed by atoms with Gasteiger partial charge < -0.3 is 10.1 Å². The number of fused-ring (bicyclic) bond motifs is 1. The molecule has 2 atom stereocenters. The molecule has 1 saturated heterocycles. The number of nitrogens with zero attached hydrogens (tertiary/aromatic N) is 1. The van der Waals surface area contributed by atoms with Gasteiger partial charge >= 0.3 is 0 Å². The van der Waals surface area contributed by atoms with E-state index >= 15 is 0 Å². The summed E-state index contributed by atoms with van der Waals surface area (Å²) in [7, 11) is 0. The zero-order valence-corrected chi connectivity index (χ0v) is 12.1. The lowest BCUT2D eigenvalue weighted by Gasteiger charge is -2.30. The van der Waals surface area contributed by atoms with Crippen molar-refractivity contribution in [3.05, 3.63) is 35.1 Å². The summed E-state index contributed by atoms with van der Waals surface area (Å²) in [5, 5.41) is 3.66. The molecule has 2 aliphatic rings. The van der Waals surface area contributed by atoms with E-state index < -0.39 is 0 Å². The summed E-state index contributed by atoms with van der Waals surface area (Å²) >= 11 is 0. The Morgan fingerprint density at radius 2 is 2.20 bits per heavy atom. The van der Waals surface area contributed by atoms with Gasteiger partial charge in [-0.3, -0.25) is 4.90 Å². The minimum atomic E-state index is -0.0485. The zero-order valence-electron chi connectivity index (χ0n) is 12.1.